The van der Waals surface area contributed by atoms with E-state index in [0.717, 1.165) is 22.2 Å². The van der Waals surface area contributed by atoms with E-state index in [9.17, 15) is 14.7 Å². The second kappa shape index (κ2) is 7.29. The van der Waals surface area contributed by atoms with Gasteiger partial charge in [-0.1, -0.05) is 60.4 Å². The fourth-order valence-corrected chi connectivity index (χ4v) is 4.46. The maximum Gasteiger partial charge on any atom is 0.327 e. The van der Waals surface area contributed by atoms with Crippen LogP contribution in [0.5, 0.6) is 0 Å². The molecular weight excluding hydrogens is 362 g/mol. The number of carbonyl (C=O) groups is 2. The summed E-state index contributed by atoms with van der Waals surface area (Å²) in [6, 6.07) is 12.0. The zero-order chi connectivity index (χ0) is 17.1. The Kier molecular flexibility index (Phi) is 5.13. The molecule has 1 atom stereocenters. The minimum Gasteiger partial charge on any atom is -0.480 e. The second-order valence-electron chi connectivity index (χ2n) is 5.11. The third kappa shape index (κ3) is 3.58. The lowest BCUT2D eigenvalue weighted by Gasteiger charge is -2.23. The van der Waals surface area contributed by atoms with Gasteiger partial charge in [-0.05, 0) is 23.1 Å². The molecular formula is C17H13NO3S3. The van der Waals surface area contributed by atoms with Crippen LogP contribution in [0.4, 0.5) is 0 Å². The van der Waals surface area contributed by atoms with Gasteiger partial charge >= 0.3 is 5.97 Å². The molecule has 1 unspecified atom stereocenters. The fourth-order valence-electron chi connectivity index (χ4n) is 2.38. The van der Waals surface area contributed by atoms with Gasteiger partial charge in [-0.15, -0.1) is 11.3 Å². The van der Waals surface area contributed by atoms with E-state index < -0.39 is 12.0 Å². The van der Waals surface area contributed by atoms with Gasteiger partial charge < -0.3 is 5.11 Å². The molecule has 1 amide bonds. The number of amides is 1. The van der Waals surface area contributed by atoms with Crippen molar-refractivity contribution in [2.24, 2.45) is 0 Å². The molecule has 2 heterocycles. The van der Waals surface area contributed by atoms with Gasteiger partial charge in [0, 0.05) is 11.3 Å². The zero-order valence-electron chi connectivity index (χ0n) is 12.4. The molecule has 1 fully saturated rings. The maximum absolute atomic E-state index is 12.7. The Morgan fingerprint density at radius 2 is 2.00 bits per heavy atom. The Morgan fingerprint density at radius 1 is 1.25 bits per heavy atom. The van der Waals surface area contributed by atoms with E-state index in [4.69, 9.17) is 12.2 Å². The smallest absolute Gasteiger partial charge is 0.327 e. The number of nitrogens with zero attached hydrogens (tertiary/aromatic N) is 1. The van der Waals surface area contributed by atoms with Crippen LogP contribution in [0.25, 0.3) is 6.08 Å². The predicted molar refractivity (Wildman–Crippen MR) is 101 cm³/mol. The largest absolute Gasteiger partial charge is 0.480 e. The lowest BCUT2D eigenvalue weighted by atomic mass is 10.0. The van der Waals surface area contributed by atoms with Crippen molar-refractivity contribution >= 4 is 57.6 Å². The minimum atomic E-state index is -1.06. The number of thiophene rings is 1. The summed E-state index contributed by atoms with van der Waals surface area (Å²) >= 11 is 7.93. The SMILES string of the molecule is O=C(O)C(Cc1ccccc1)N1C(=O)C(=Cc2cccs2)SC1=S. The van der Waals surface area contributed by atoms with Crippen molar-refractivity contribution in [3.8, 4) is 0 Å². The number of carboxylic acid groups (broad SMARTS) is 1. The van der Waals surface area contributed by atoms with E-state index in [-0.39, 0.29) is 16.6 Å². The fraction of sp³-hybridized carbons (Fsp3) is 0.118. The molecule has 1 saturated heterocycles. The molecule has 0 radical (unpaired) electrons. The summed E-state index contributed by atoms with van der Waals surface area (Å²) in [5.74, 6) is -1.41. The van der Waals surface area contributed by atoms with Crippen LogP contribution in [-0.4, -0.2) is 32.2 Å². The topological polar surface area (TPSA) is 57.6 Å². The number of rotatable bonds is 5. The van der Waals surface area contributed by atoms with E-state index in [0.29, 0.717) is 4.91 Å². The molecule has 0 saturated carbocycles. The average Bonchev–Trinajstić information content (AvgIpc) is 3.16. The molecule has 4 nitrogen and oxygen atoms in total. The summed E-state index contributed by atoms with van der Waals surface area (Å²) in [7, 11) is 0. The van der Waals surface area contributed by atoms with Crippen molar-refractivity contribution in [3.05, 3.63) is 63.2 Å². The molecule has 0 aliphatic carbocycles. The number of hydrogen-bond donors (Lipinski definition) is 1. The first-order valence-electron chi connectivity index (χ1n) is 7.13. The van der Waals surface area contributed by atoms with Gasteiger partial charge in [0.2, 0.25) is 0 Å². The van der Waals surface area contributed by atoms with Crippen molar-refractivity contribution in [1.82, 2.24) is 4.90 Å². The number of thiocarbonyl (C=S) groups is 1. The van der Waals surface area contributed by atoms with E-state index in [1.807, 2.05) is 47.8 Å². The minimum absolute atomic E-state index is 0.217. The summed E-state index contributed by atoms with van der Waals surface area (Å²) in [5, 5.41) is 11.5. The van der Waals surface area contributed by atoms with Gasteiger partial charge in [-0.2, -0.15) is 0 Å². The molecule has 1 aromatic carbocycles. The molecule has 0 spiro atoms. The van der Waals surface area contributed by atoms with Crippen molar-refractivity contribution in [1.29, 1.82) is 0 Å². The first kappa shape index (κ1) is 16.9. The summed E-state index contributed by atoms with van der Waals surface area (Å²) in [6.07, 6.45) is 1.97. The van der Waals surface area contributed by atoms with Gasteiger partial charge in [0.05, 0.1) is 4.91 Å². The van der Waals surface area contributed by atoms with Gasteiger partial charge in [-0.3, -0.25) is 9.69 Å². The number of benzene rings is 1. The quantitative estimate of drug-likeness (QED) is 0.639. The Morgan fingerprint density at radius 3 is 2.62 bits per heavy atom. The number of thioether (sulfide) groups is 1. The number of aliphatic carboxylic acids is 1. The number of hydrogen-bond acceptors (Lipinski definition) is 5. The van der Waals surface area contributed by atoms with Gasteiger partial charge in [0.1, 0.15) is 10.4 Å². The van der Waals surface area contributed by atoms with Crippen LogP contribution in [0.3, 0.4) is 0 Å². The maximum atomic E-state index is 12.7. The van der Waals surface area contributed by atoms with Gasteiger partial charge in [-0.25, -0.2) is 4.79 Å². The molecule has 3 rings (SSSR count). The van der Waals surface area contributed by atoms with Crippen LogP contribution >= 0.6 is 35.3 Å². The van der Waals surface area contributed by atoms with E-state index in [1.165, 1.54) is 16.2 Å². The summed E-state index contributed by atoms with van der Waals surface area (Å²) in [5.41, 5.74) is 0.848. The highest BCUT2D eigenvalue weighted by atomic mass is 32.2. The van der Waals surface area contributed by atoms with Crippen LogP contribution in [0.1, 0.15) is 10.4 Å². The van der Waals surface area contributed by atoms with Crippen LogP contribution < -0.4 is 0 Å². The standard InChI is InChI=1S/C17H13NO3S3/c19-15-14(10-12-7-4-8-23-12)24-17(22)18(15)13(16(20)21)9-11-5-2-1-3-6-11/h1-8,10,13H,9H2,(H,20,21). The van der Waals surface area contributed by atoms with Crippen LogP contribution in [0, 0.1) is 0 Å². The van der Waals surface area contributed by atoms with E-state index in [2.05, 4.69) is 0 Å². The average molecular weight is 375 g/mol. The predicted octanol–water partition coefficient (Wildman–Crippen LogP) is 3.65. The van der Waals surface area contributed by atoms with E-state index in [1.54, 1.807) is 6.08 Å². The van der Waals surface area contributed by atoms with Crippen molar-refractivity contribution in [3.63, 3.8) is 0 Å². The number of carboxylic acids is 1. The molecule has 2 aromatic rings. The number of carbonyl (C=O) groups excluding carboxylic acids is 1. The molecule has 0 bridgehead atoms. The summed E-state index contributed by atoms with van der Waals surface area (Å²) in [4.78, 5) is 27.0. The van der Waals surface area contributed by atoms with E-state index >= 15 is 0 Å². The highest BCUT2D eigenvalue weighted by Crippen LogP contribution is 2.35. The molecule has 1 N–H and O–H groups in total. The monoisotopic (exact) mass is 375 g/mol. The molecule has 1 aliphatic rings. The second-order valence-corrected chi connectivity index (χ2v) is 7.77. The van der Waals surface area contributed by atoms with Gasteiger partial charge in [0.15, 0.2) is 0 Å². The lowest BCUT2D eigenvalue weighted by Crippen LogP contribution is -2.45. The van der Waals surface area contributed by atoms with Crippen LogP contribution in [-0.2, 0) is 16.0 Å². The Labute approximate surface area is 152 Å². The molecule has 122 valence electrons. The van der Waals surface area contributed by atoms with Crippen molar-refractivity contribution in [2.45, 2.75) is 12.5 Å². The lowest BCUT2D eigenvalue weighted by molar-refractivity contribution is -0.145. The molecule has 24 heavy (non-hydrogen) atoms. The van der Waals surface area contributed by atoms with Crippen molar-refractivity contribution in [2.75, 3.05) is 0 Å². The normalized spacial score (nSPS) is 17.5. The molecule has 1 aliphatic heterocycles. The first-order valence-corrected chi connectivity index (χ1v) is 9.24. The highest BCUT2D eigenvalue weighted by molar-refractivity contribution is 8.26. The third-order valence-corrected chi connectivity index (χ3v) is 5.66. The molecule has 7 heteroatoms. The Bertz CT molecular complexity index is 800. The zero-order valence-corrected chi connectivity index (χ0v) is 14.9. The van der Waals surface area contributed by atoms with Crippen molar-refractivity contribution < 1.29 is 14.7 Å². The third-order valence-electron chi connectivity index (χ3n) is 3.51. The first-order chi connectivity index (χ1) is 11.6. The highest BCUT2D eigenvalue weighted by Gasteiger charge is 2.40. The van der Waals surface area contributed by atoms with Crippen LogP contribution in [0.15, 0.2) is 52.7 Å². The Hall–Kier alpha value is -1.96. The summed E-state index contributed by atoms with van der Waals surface area (Å²) in [6.45, 7) is 0. The Balaban J connectivity index is 1.87. The molecule has 1 aromatic heterocycles. The van der Waals surface area contributed by atoms with Gasteiger partial charge in [0.25, 0.3) is 5.91 Å². The van der Waals surface area contributed by atoms with Crippen LogP contribution in [0.2, 0.25) is 0 Å². The summed E-state index contributed by atoms with van der Waals surface area (Å²) < 4.78 is 0.283.